The SMILES string of the molecule is Fc1c(CC2CC2)ccc(OCCC2CCC2)c1OC(F)(F)F. The Morgan fingerprint density at radius 3 is 2.35 bits per heavy atom. The maximum atomic E-state index is 14.4. The molecule has 128 valence electrons. The molecule has 1 aromatic carbocycles. The molecule has 0 aliphatic heterocycles. The van der Waals surface area contributed by atoms with E-state index in [2.05, 4.69) is 4.74 Å². The molecule has 0 N–H and O–H groups in total. The van der Waals surface area contributed by atoms with Crippen LogP contribution in [0.3, 0.4) is 0 Å². The highest BCUT2D eigenvalue weighted by Gasteiger charge is 2.35. The lowest BCUT2D eigenvalue weighted by molar-refractivity contribution is -0.276. The van der Waals surface area contributed by atoms with E-state index in [9.17, 15) is 17.6 Å². The van der Waals surface area contributed by atoms with Crippen molar-refractivity contribution in [3.8, 4) is 11.5 Å². The fourth-order valence-corrected chi connectivity index (χ4v) is 2.81. The average molecular weight is 332 g/mol. The Morgan fingerprint density at radius 2 is 1.78 bits per heavy atom. The molecule has 0 unspecified atom stereocenters. The standard InChI is InChI=1S/C17H20F4O2/c18-15-13(10-12-4-5-12)6-7-14(16(15)23-17(19,20)21)22-9-8-11-2-1-3-11/h6-7,11-12H,1-5,8-10H2. The van der Waals surface area contributed by atoms with Gasteiger partial charge in [-0.05, 0) is 49.1 Å². The van der Waals surface area contributed by atoms with Crippen LogP contribution in [0.15, 0.2) is 12.1 Å². The third-order valence-electron chi connectivity index (χ3n) is 4.57. The van der Waals surface area contributed by atoms with Crippen LogP contribution in [-0.2, 0) is 6.42 Å². The fourth-order valence-electron chi connectivity index (χ4n) is 2.81. The van der Waals surface area contributed by atoms with Crippen LogP contribution in [0.5, 0.6) is 11.5 Å². The van der Waals surface area contributed by atoms with Crippen LogP contribution in [0.25, 0.3) is 0 Å². The van der Waals surface area contributed by atoms with Crippen molar-refractivity contribution in [2.75, 3.05) is 6.61 Å². The Hall–Kier alpha value is -1.46. The summed E-state index contributed by atoms with van der Waals surface area (Å²) < 4.78 is 61.4. The molecule has 0 amide bonds. The Balaban J connectivity index is 1.73. The molecule has 2 aliphatic carbocycles. The van der Waals surface area contributed by atoms with E-state index >= 15 is 0 Å². The Bertz CT molecular complexity index is 548. The van der Waals surface area contributed by atoms with Crippen LogP contribution in [-0.4, -0.2) is 13.0 Å². The second kappa shape index (κ2) is 6.57. The maximum Gasteiger partial charge on any atom is 0.573 e. The molecule has 6 heteroatoms. The van der Waals surface area contributed by atoms with Crippen molar-refractivity contribution in [1.82, 2.24) is 0 Å². The number of halogens is 4. The molecule has 2 nitrogen and oxygen atoms in total. The Morgan fingerprint density at radius 1 is 1.04 bits per heavy atom. The maximum absolute atomic E-state index is 14.4. The number of hydrogen-bond acceptors (Lipinski definition) is 2. The predicted molar refractivity (Wildman–Crippen MR) is 77.0 cm³/mol. The molecule has 0 radical (unpaired) electrons. The third kappa shape index (κ3) is 4.52. The summed E-state index contributed by atoms with van der Waals surface area (Å²) in [5, 5.41) is 0. The van der Waals surface area contributed by atoms with Gasteiger partial charge in [0.05, 0.1) is 6.61 Å². The van der Waals surface area contributed by atoms with Crippen LogP contribution in [0.4, 0.5) is 17.6 Å². The van der Waals surface area contributed by atoms with Gasteiger partial charge in [-0.3, -0.25) is 0 Å². The first-order valence-corrected chi connectivity index (χ1v) is 8.12. The van der Waals surface area contributed by atoms with E-state index in [-0.39, 0.29) is 17.9 Å². The van der Waals surface area contributed by atoms with Gasteiger partial charge in [0.15, 0.2) is 11.6 Å². The van der Waals surface area contributed by atoms with Gasteiger partial charge in [-0.1, -0.05) is 25.3 Å². The monoisotopic (exact) mass is 332 g/mol. The first-order chi connectivity index (χ1) is 10.9. The van der Waals surface area contributed by atoms with Gasteiger partial charge in [-0.15, -0.1) is 13.2 Å². The van der Waals surface area contributed by atoms with Crippen LogP contribution in [0.1, 0.15) is 44.1 Å². The summed E-state index contributed by atoms with van der Waals surface area (Å²) in [6.07, 6.45) is 1.72. The first kappa shape index (κ1) is 16.4. The van der Waals surface area contributed by atoms with Crippen molar-refractivity contribution < 1.29 is 27.0 Å². The molecule has 0 saturated heterocycles. The summed E-state index contributed by atoms with van der Waals surface area (Å²) in [6.45, 7) is 0.278. The van der Waals surface area contributed by atoms with Crippen molar-refractivity contribution in [2.45, 2.75) is 51.3 Å². The van der Waals surface area contributed by atoms with Crippen molar-refractivity contribution >= 4 is 0 Å². The zero-order chi connectivity index (χ0) is 16.4. The first-order valence-electron chi connectivity index (χ1n) is 8.12. The molecule has 0 aromatic heterocycles. The van der Waals surface area contributed by atoms with Crippen molar-refractivity contribution in [3.05, 3.63) is 23.5 Å². The molecule has 23 heavy (non-hydrogen) atoms. The largest absolute Gasteiger partial charge is 0.573 e. The summed E-state index contributed by atoms with van der Waals surface area (Å²) in [5.41, 5.74) is 0.262. The second-order valence-electron chi connectivity index (χ2n) is 6.50. The van der Waals surface area contributed by atoms with Gasteiger partial charge in [-0.2, -0.15) is 0 Å². The lowest BCUT2D eigenvalue weighted by atomic mass is 9.83. The molecule has 0 spiro atoms. The number of alkyl halides is 3. The van der Waals surface area contributed by atoms with Crippen molar-refractivity contribution in [1.29, 1.82) is 0 Å². The van der Waals surface area contributed by atoms with Crippen LogP contribution in [0.2, 0.25) is 0 Å². The van der Waals surface area contributed by atoms with Gasteiger partial charge in [0.2, 0.25) is 5.75 Å². The summed E-state index contributed by atoms with van der Waals surface area (Å²) in [4.78, 5) is 0. The van der Waals surface area contributed by atoms with Crippen LogP contribution >= 0.6 is 0 Å². The molecule has 2 saturated carbocycles. The van der Waals surface area contributed by atoms with Gasteiger partial charge in [0.25, 0.3) is 0 Å². The van der Waals surface area contributed by atoms with Gasteiger partial charge in [0, 0.05) is 0 Å². The lowest BCUT2D eigenvalue weighted by Gasteiger charge is -2.25. The van der Waals surface area contributed by atoms with E-state index in [1.165, 1.54) is 18.6 Å². The van der Waals surface area contributed by atoms with Gasteiger partial charge in [0.1, 0.15) is 0 Å². The molecule has 3 rings (SSSR count). The van der Waals surface area contributed by atoms with E-state index < -0.39 is 17.9 Å². The summed E-state index contributed by atoms with van der Waals surface area (Å²) >= 11 is 0. The summed E-state index contributed by atoms with van der Waals surface area (Å²) in [6, 6.07) is 2.90. The molecular formula is C17H20F4O2. The summed E-state index contributed by atoms with van der Waals surface area (Å²) in [7, 11) is 0. The normalized spacial score (nSPS) is 18.6. The number of rotatable bonds is 7. The fraction of sp³-hybridized carbons (Fsp3) is 0.647. The van der Waals surface area contributed by atoms with E-state index in [1.54, 1.807) is 0 Å². The molecule has 2 fully saturated rings. The van der Waals surface area contributed by atoms with E-state index in [4.69, 9.17) is 4.74 Å². The van der Waals surface area contributed by atoms with Gasteiger partial charge >= 0.3 is 6.36 Å². The van der Waals surface area contributed by atoms with E-state index in [0.29, 0.717) is 18.3 Å². The molecule has 1 aromatic rings. The zero-order valence-electron chi connectivity index (χ0n) is 12.8. The quantitative estimate of drug-likeness (QED) is 0.635. The summed E-state index contributed by atoms with van der Waals surface area (Å²) in [5.74, 6) is -1.01. The molecule has 2 aliphatic rings. The molecule has 0 atom stereocenters. The topological polar surface area (TPSA) is 18.5 Å². The van der Waals surface area contributed by atoms with E-state index in [0.717, 1.165) is 32.1 Å². The number of benzene rings is 1. The van der Waals surface area contributed by atoms with E-state index in [1.807, 2.05) is 0 Å². The highest BCUT2D eigenvalue weighted by molar-refractivity contribution is 5.45. The molecular weight excluding hydrogens is 312 g/mol. The molecule has 0 bridgehead atoms. The Kier molecular flexibility index (Phi) is 4.69. The van der Waals surface area contributed by atoms with Crippen LogP contribution < -0.4 is 9.47 Å². The third-order valence-corrected chi connectivity index (χ3v) is 4.57. The Labute approximate surface area is 132 Å². The number of ether oxygens (including phenoxy) is 2. The second-order valence-corrected chi connectivity index (χ2v) is 6.50. The highest BCUT2D eigenvalue weighted by Crippen LogP contribution is 2.40. The average Bonchev–Trinajstić information content (AvgIpc) is 3.22. The minimum absolute atomic E-state index is 0.168. The minimum atomic E-state index is -4.94. The van der Waals surface area contributed by atoms with Crippen molar-refractivity contribution in [3.63, 3.8) is 0 Å². The van der Waals surface area contributed by atoms with Gasteiger partial charge < -0.3 is 9.47 Å². The minimum Gasteiger partial charge on any atom is -0.490 e. The lowest BCUT2D eigenvalue weighted by Crippen LogP contribution is -2.20. The predicted octanol–water partition coefficient (Wildman–Crippen LogP) is 5.25. The number of hydrogen-bond donors (Lipinski definition) is 0. The smallest absolute Gasteiger partial charge is 0.490 e. The molecule has 0 heterocycles. The zero-order valence-corrected chi connectivity index (χ0v) is 12.8. The van der Waals surface area contributed by atoms with Gasteiger partial charge in [-0.25, -0.2) is 4.39 Å². The van der Waals surface area contributed by atoms with Crippen molar-refractivity contribution in [2.24, 2.45) is 11.8 Å². The van der Waals surface area contributed by atoms with Crippen LogP contribution in [0, 0.1) is 17.7 Å². The highest BCUT2D eigenvalue weighted by atomic mass is 19.4.